The third-order valence-corrected chi connectivity index (χ3v) is 5.60. The fourth-order valence-electron chi connectivity index (χ4n) is 3.81. The molecule has 0 aliphatic carbocycles. The molecule has 6 heteroatoms. The summed E-state index contributed by atoms with van der Waals surface area (Å²) in [7, 11) is 0. The van der Waals surface area contributed by atoms with E-state index in [0.717, 1.165) is 15.6 Å². The zero-order valence-corrected chi connectivity index (χ0v) is 18.1. The Bertz CT molecular complexity index is 1150. The number of aryl methyl sites for hydroxylation is 2. The summed E-state index contributed by atoms with van der Waals surface area (Å²) in [4.78, 5) is 31.7. The molecule has 1 aliphatic heterocycles. The van der Waals surface area contributed by atoms with Crippen LogP contribution in [0.3, 0.4) is 0 Å². The second-order valence-corrected chi connectivity index (χ2v) is 8.22. The fraction of sp³-hybridized carbons (Fsp3) is 0.125. The lowest BCUT2D eigenvalue weighted by Gasteiger charge is -2.26. The van der Waals surface area contributed by atoms with Crippen LogP contribution in [0.15, 0.2) is 77.0 Å². The van der Waals surface area contributed by atoms with Crippen molar-refractivity contribution < 1.29 is 14.7 Å². The van der Waals surface area contributed by atoms with E-state index < -0.39 is 17.7 Å². The number of rotatable bonds is 3. The molecule has 1 aromatic heterocycles. The van der Waals surface area contributed by atoms with E-state index in [4.69, 9.17) is 0 Å². The van der Waals surface area contributed by atoms with Crippen molar-refractivity contribution in [3.05, 3.63) is 99.3 Å². The Morgan fingerprint density at radius 2 is 1.57 bits per heavy atom. The summed E-state index contributed by atoms with van der Waals surface area (Å²) < 4.78 is 0.848. The molecule has 150 valence electrons. The van der Waals surface area contributed by atoms with E-state index in [1.165, 1.54) is 4.90 Å². The Hall–Kier alpha value is -3.25. The lowest BCUT2D eigenvalue weighted by atomic mass is 9.95. The molecule has 2 heterocycles. The highest BCUT2D eigenvalue weighted by Crippen LogP contribution is 2.42. The van der Waals surface area contributed by atoms with Gasteiger partial charge in [-0.1, -0.05) is 34.1 Å². The second-order valence-electron chi connectivity index (χ2n) is 7.30. The topological polar surface area (TPSA) is 70.5 Å². The summed E-state index contributed by atoms with van der Waals surface area (Å²) in [6.45, 7) is 3.88. The van der Waals surface area contributed by atoms with Crippen molar-refractivity contribution in [2.24, 2.45) is 0 Å². The van der Waals surface area contributed by atoms with E-state index in [1.807, 2.05) is 32.0 Å². The van der Waals surface area contributed by atoms with Gasteiger partial charge in [0.1, 0.15) is 5.76 Å². The lowest BCUT2D eigenvalue weighted by Crippen LogP contribution is -2.29. The van der Waals surface area contributed by atoms with Gasteiger partial charge in [-0.3, -0.25) is 19.5 Å². The summed E-state index contributed by atoms with van der Waals surface area (Å²) in [5, 5.41) is 11.1. The van der Waals surface area contributed by atoms with E-state index in [9.17, 15) is 14.7 Å². The first-order valence-electron chi connectivity index (χ1n) is 9.42. The zero-order valence-electron chi connectivity index (χ0n) is 16.5. The number of halogens is 1. The molecule has 1 saturated heterocycles. The van der Waals surface area contributed by atoms with Gasteiger partial charge in [0.25, 0.3) is 11.7 Å². The first-order chi connectivity index (χ1) is 14.4. The van der Waals surface area contributed by atoms with Crippen molar-refractivity contribution in [3.8, 4) is 0 Å². The minimum atomic E-state index is -0.752. The number of Topliss-reactive ketones (excluding diaryl/α,β-unsaturated/α-hetero) is 1. The number of ketones is 1. The van der Waals surface area contributed by atoms with E-state index in [0.29, 0.717) is 16.8 Å². The quantitative estimate of drug-likeness (QED) is 0.334. The highest BCUT2D eigenvalue weighted by Gasteiger charge is 2.47. The summed E-state index contributed by atoms with van der Waals surface area (Å²) in [6, 6.07) is 15.4. The number of anilines is 1. The van der Waals surface area contributed by atoms with Crippen LogP contribution in [-0.2, 0) is 9.59 Å². The van der Waals surface area contributed by atoms with Crippen molar-refractivity contribution in [2.45, 2.75) is 19.9 Å². The van der Waals surface area contributed by atoms with Gasteiger partial charge in [-0.15, -0.1) is 0 Å². The number of amides is 1. The standard InChI is InChI=1S/C24H19BrN2O3/c1-14-11-15(2)13-19(12-14)27-21(16-7-9-26-10-8-16)20(23(29)24(27)30)22(28)17-3-5-18(25)6-4-17/h3-13,21,28H,1-2H3/b22-20+. The average molecular weight is 463 g/mol. The molecule has 1 atom stereocenters. The average Bonchev–Trinajstić information content (AvgIpc) is 2.99. The van der Waals surface area contributed by atoms with Crippen molar-refractivity contribution in [1.29, 1.82) is 0 Å². The molecule has 30 heavy (non-hydrogen) atoms. The molecular weight excluding hydrogens is 444 g/mol. The second kappa shape index (κ2) is 7.88. The number of aromatic nitrogens is 1. The number of carbonyl (C=O) groups excluding carboxylic acids is 2. The van der Waals surface area contributed by atoms with Crippen molar-refractivity contribution >= 4 is 39.1 Å². The largest absolute Gasteiger partial charge is 0.507 e. The first-order valence-corrected chi connectivity index (χ1v) is 10.2. The number of pyridine rings is 1. The fourth-order valence-corrected chi connectivity index (χ4v) is 4.08. The van der Waals surface area contributed by atoms with E-state index in [1.54, 1.807) is 48.8 Å². The molecular formula is C24H19BrN2O3. The van der Waals surface area contributed by atoms with Crippen molar-refractivity contribution in [2.75, 3.05) is 4.90 Å². The van der Waals surface area contributed by atoms with Gasteiger partial charge in [-0.25, -0.2) is 0 Å². The molecule has 4 rings (SSSR count). The smallest absolute Gasteiger partial charge is 0.300 e. The molecule has 2 aromatic carbocycles. The Labute approximate surface area is 182 Å². The van der Waals surface area contributed by atoms with Crippen LogP contribution >= 0.6 is 15.9 Å². The highest BCUT2D eigenvalue weighted by atomic mass is 79.9. The molecule has 1 amide bonds. The van der Waals surface area contributed by atoms with E-state index in [-0.39, 0.29) is 11.3 Å². The third kappa shape index (κ3) is 3.55. The minimum absolute atomic E-state index is 0.0627. The van der Waals surface area contributed by atoms with Crippen molar-refractivity contribution in [3.63, 3.8) is 0 Å². The maximum absolute atomic E-state index is 13.1. The Kier molecular flexibility index (Phi) is 5.26. The van der Waals surface area contributed by atoms with Gasteiger partial charge in [-0.2, -0.15) is 0 Å². The van der Waals surface area contributed by atoms with Crippen LogP contribution < -0.4 is 4.90 Å². The minimum Gasteiger partial charge on any atom is -0.507 e. The Morgan fingerprint density at radius 1 is 0.967 bits per heavy atom. The molecule has 1 fully saturated rings. The van der Waals surface area contributed by atoms with Crippen LogP contribution in [-0.4, -0.2) is 21.8 Å². The number of aliphatic hydroxyl groups excluding tert-OH is 1. The number of aliphatic hydroxyl groups is 1. The maximum Gasteiger partial charge on any atom is 0.300 e. The van der Waals surface area contributed by atoms with Crippen LogP contribution in [0.4, 0.5) is 5.69 Å². The number of benzene rings is 2. The van der Waals surface area contributed by atoms with Crippen LogP contribution in [0.2, 0.25) is 0 Å². The maximum atomic E-state index is 13.1. The Morgan fingerprint density at radius 3 is 2.17 bits per heavy atom. The van der Waals surface area contributed by atoms with Crippen LogP contribution in [0.5, 0.6) is 0 Å². The van der Waals surface area contributed by atoms with Gasteiger partial charge < -0.3 is 5.11 Å². The summed E-state index contributed by atoms with van der Waals surface area (Å²) in [6.07, 6.45) is 3.22. The van der Waals surface area contributed by atoms with Gasteiger partial charge in [0, 0.05) is 28.1 Å². The lowest BCUT2D eigenvalue weighted by molar-refractivity contribution is -0.132. The Balaban J connectivity index is 1.96. The summed E-state index contributed by atoms with van der Waals surface area (Å²) in [5.41, 5.74) is 3.80. The molecule has 0 saturated carbocycles. The molecule has 5 nitrogen and oxygen atoms in total. The van der Waals surface area contributed by atoms with Gasteiger partial charge >= 0.3 is 0 Å². The predicted molar refractivity (Wildman–Crippen MR) is 119 cm³/mol. The van der Waals surface area contributed by atoms with E-state index in [2.05, 4.69) is 20.9 Å². The normalized spacial score (nSPS) is 18.1. The zero-order chi connectivity index (χ0) is 21.4. The van der Waals surface area contributed by atoms with Gasteiger partial charge in [-0.05, 0) is 66.9 Å². The molecule has 3 aromatic rings. The highest BCUT2D eigenvalue weighted by molar-refractivity contribution is 9.10. The van der Waals surface area contributed by atoms with Crippen LogP contribution in [0, 0.1) is 13.8 Å². The molecule has 0 bridgehead atoms. The first kappa shape index (κ1) is 20.0. The number of nitrogens with zero attached hydrogens (tertiary/aromatic N) is 2. The van der Waals surface area contributed by atoms with Crippen LogP contribution in [0.1, 0.15) is 28.3 Å². The number of carbonyl (C=O) groups is 2. The molecule has 1 aliphatic rings. The molecule has 0 radical (unpaired) electrons. The monoisotopic (exact) mass is 462 g/mol. The number of hydrogen-bond donors (Lipinski definition) is 1. The SMILES string of the molecule is Cc1cc(C)cc(N2C(=O)C(=O)/C(=C(/O)c3ccc(Br)cc3)C2c2ccncc2)c1. The van der Waals surface area contributed by atoms with Gasteiger partial charge in [0.05, 0.1) is 11.6 Å². The summed E-state index contributed by atoms with van der Waals surface area (Å²) >= 11 is 3.37. The van der Waals surface area contributed by atoms with Crippen molar-refractivity contribution in [1.82, 2.24) is 4.98 Å². The number of hydrogen-bond acceptors (Lipinski definition) is 4. The predicted octanol–water partition coefficient (Wildman–Crippen LogP) is 5.09. The van der Waals surface area contributed by atoms with E-state index >= 15 is 0 Å². The molecule has 1 N–H and O–H groups in total. The van der Waals surface area contributed by atoms with Gasteiger partial charge in [0.2, 0.25) is 0 Å². The molecule has 1 unspecified atom stereocenters. The third-order valence-electron chi connectivity index (χ3n) is 5.07. The summed E-state index contributed by atoms with van der Waals surface area (Å²) in [5.74, 6) is -1.58. The van der Waals surface area contributed by atoms with Crippen LogP contribution in [0.25, 0.3) is 5.76 Å². The van der Waals surface area contributed by atoms with Gasteiger partial charge in [0.15, 0.2) is 0 Å². The molecule has 0 spiro atoms.